The highest BCUT2D eigenvalue weighted by Crippen LogP contribution is 2.33. The molecule has 0 aliphatic rings. The van der Waals surface area contributed by atoms with Gasteiger partial charge in [-0.25, -0.2) is 34.3 Å². The minimum atomic E-state index is -1.18. The number of carboxylic acids is 1. The van der Waals surface area contributed by atoms with Crippen LogP contribution in [-0.4, -0.2) is 130 Å². The summed E-state index contributed by atoms with van der Waals surface area (Å²) >= 11 is 2.70. The number of para-hydroxylation sites is 1. The van der Waals surface area contributed by atoms with Crippen LogP contribution in [0.5, 0.6) is 5.75 Å². The van der Waals surface area contributed by atoms with Crippen LogP contribution in [0.4, 0.5) is 41.6 Å². The number of thiazole rings is 2. The standard InChI is InChI=1S/C60H75FN14O10S2/c1-36(2)49(68-48(76)26-27-60(6,7)85-32-28-59(4,5)73-63)53(78)66-43(17-12-29-64-55(62)81)52(77)65-40-23-20-39(21-24-40)35-84-58(82)74(8)30-13-15-38-22-25-44(41(61)34-38)83-31-14-19-46-50(54(79)80)69-57(87-46)75(9)47-33-37(3)51(72-71-47)70-56-67-42-16-10-11-18-45(42)86-56/h10-11,16,18,20-25,33-34,36,43,49,63H,12,14,17,19,26-32,35H2,1-9H3,(H,65,77)(H,66,78)(H,68,76)(H,79,80)(H3,62,64,81)(H,67,70,72)/t43-,49-/m0/s1. The zero-order chi connectivity index (χ0) is 63.4. The third kappa shape index (κ3) is 21.0. The number of aromatic carboxylic acids is 1. The van der Waals surface area contributed by atoms with Gasteiger partial charge in [0.25, 0.3) is 0 Å². The third-order valence-corrected chi connectivity index (χ3v) is 15.7. The van der Waals surface area contributed by atoms with Gasteiger partial charge in [0.15, 0.2) is 39.2 Å². The van der Waals surface area contributed by atoms with Gasteiger partial charge in [-0.1, -0.05) is 61.3 Å². The molecule has 3 aromatic heterocycles. The molecule has 9 N–H and O–H groups in total. The topological polar surface area (TPSA) is 331 Å². The number of benzene rings is 3. The Balaban J connectivity index is 0.932. The van der Waals surface area contributed by atoms with Crippen molar-refractivity contribution in [3.8, 4) is 17.6 Å². The lowest BCUT2D eigenvalue weighted by molar-refractivity contribution is -0.132. The van der Waals surface area contributed by atoms with Gasteiger partial charge in [0.2, 0.25) is 17.7 Å². The molecule has 6 aromatic rings. The number of halogens is 1. The van der Waals surface area contributed by atoms with Crippen LogP contribution in [0.3, 0.4) is 0 Å². The molecule has 0 saturated heterocycles. The molecule has 0 fully saturated rings. The Bertz CT molecular complexity index is 3420. The van der Waals surface area contributed by atoms with Crippen molar-refractivity contribution in [2.75, 3.05) is 55.9 Å². The van der Waals surface area contributed by atoms with Crippen LogP contribution in [0.2, 0.25) is 0 Å². The second kappa shape index (κ2) is 31.5. The van der Waals surface area contributed by atoms with Crippen LogP contribution >= 0.6 is 22.7 Å². The molecule has 87 heavy (non-hydrogen) atoms. The summed E-state index contributed by atoms with van der Waals surface area (Å²) in [4.78, 5) is 89.3. The summed E-state index contributed by atoms with van der Waals surface area (Å²) in [6.45, 7) is 13.2. The Hall–Kier alpha value is -8.87. The number of aryl methyl sites for hydroxylation is 2. The molecule has 0 spiro atoms. The van der Waals surface area contributed by atoms with E-state index >= 15 is 4.39 Å². The molecule has 3 heterocycles. The highest BCUT2D eigenvalue weighted by Gasteiger charge is 2.31. The van der Waals surface area contributed by atoms with Gasteiger partial charge < -0.3 is 61.4 Å². The van der Waals surface area contributed by atoms with Gasteiger partial charge in [0.05, 0.1) is 34.5 Å². The Labute approximate surface area is 512 Å². The average molecular weight is 1240 g/mol. The predicted octanol–water partition coefficient (Wildman–Crippen LogP) is 9.62. The maximum atomic E-state index is 15.2. The number of aromatic nitrogens is 4. The minimum absolute atomic E-state index is 0.0116. The molecule has 464 valence electrons. The first-order valence-corrected chi connectivity index (χ1v) is 29.7. The van der Waals surface area contributed by atoms with Gasteiger partial charge in [0, 0.05) is 49.8 Å². The van der Waals surface area contributed by atoms with E-state index in [0.717, 1.165) is 15.8 Å². The Kier molecular flexibility index (Phi) is 24.4. The monoisotopic (exact) mass is 1230 g/mol. The molecule has 0 bridgehead atoms. The number of carbonyl (C=O) groups excluding carboxylic acids is 5. The summed E-state index contributed by atoms with van der Waals surface area (Å²) in [6, 6.07) is 17.6. The number of ether oxygens (including phenoxy) is 3. The number of primary amides is 1. The molecule has 0 unspecified atom stereocenters. The predicted molar refractivity (Wildman–Crippen MR) is 330 cm³/mol. The fourth-order valence-electron chi connectivity index (χ4n) is 8.26. The zero-order valence-electron chi connectivity index (χ0n) is 50.2. The van der Waals surface area contributed by atoms with E-state index < -0.39 is 58.9 Å². The number of anilines is 5. The van der Waals surface area contributed by atoms with Crippen LogP contribution in [0.25, 0.3) is 10.2 Å². The molecule has 24 nitrogen and oxygen atoms in total. The number of nitrogens with two attached hydrogens (primary N) is 1. The fourth-order valence-corrected chi connectivity index (χ4v) is 10.2. The first-order chi connectivity index (χ1) is 41.3. The maximum Gasteiger partial charge on any atom is 0.410 e. The van der Waals surface area contributed by atoms with Crippen LogP contribution in [-0.2, 0) is 36.9 Å². The second-order valence-electron chi connectivity index (χ2n) is 22.0. The summed E-state index contributed by atoms with van der Waals surface area (Å²) in [5, 5.41) is 37.5. The molecule has 0 saturated carbocycles. The smallest absolute Gasteiger partial charge is 0.410 e. The summed E-state index contributed by atoms with van der Waals surface area (Å²) in [5.41, 5.74) is 14.2. The SMILES string of the molecule is Cc1cc(N(C)c2nc(C(=O)O)c(CCCOc3ccc(C#CCN(C)C(=O)OCc4ccc(NC(=O)[C@H](CCCNC(N)=O)NC(=O)[C@@H](NC(=O)CCC(C)(C)OCCC(C)(C)N=N)C(C)C)cc4)cc3F)s2)nnc1Nc1nc2ccccc2s1. The van der Waals surface area contributed by atoms with E-state index in [1.165, 1.54) is 46.8 Å². The lowest BCUT2D eigenvalue weighted by Crippen LogP contribution is -2.54. The van der Waals surface area contributed by atoms with Crippen molar-refractivity contribution in [1.82, 2.24) is 41.0 Å². The quantitative estimate of drug-likeness (QED) is 0.0114. The first kappa shape index (κ1) is 67.3. The highest BCUT2D eigenvalue weighted by molar-refractivity contribution is 7.22. The van der Waals surface area contributed by atoms with Gasteiger partial charge in [-0.2, -0.15) is 5.11 Å². The molecule has 0 aliphatic carbocycles. The van der Waals surface area contributed by atoms with E-state index in [4.69, 9.17) is 25.5 Å². The fraction of sp³-hybridized carbons (Fsp3) is 0.433. The van der Waals surface area contributed by atoms with Gasteiger partial charge in [0.1, 0.15) is 18.7 Å². The number of amides is 6. The number of hydrogen-bond acceptors (Lipinski definition) is 19. The lowest BCUT2D eigenvalue weighted by Gasteiger charge is -2.28. The molecule has 27 heteroatoms. The number of urea groups is 1. The third-order valence-electron chi connectivity index (χ3n) is 13.5. The van der Waals surface area contributed by atoms with E-state index in [0.29, 0.717) is 75.9 Å². The summed E-state index contributed by atoms with van der Waals surface area (Å²) < 4.78 is 33.4. The van der Waals surface area contributed by atoms with Crippen molar-refractivity contribution >= 4 is 96.3 Å². The number of rotatable bonds is 31. The molecular weight excluding hydrogens is 1160 g/mol. The van der Waals surface area contributed by atoms with Crippen molar-refractivity contribution in [1.29, 1.82) is 5.53 Å². The van der Waals surface area contributed by atoms with Crippen LogP contribution in [0.15, 0.2) is 77.9 Å². The molecule has 3 aromatic carbocycles. The molecule has 2 atom stereocenters. The highest BCUT2D eigenvalue weighted by atomic mass is 32.1. The molecule has 0 aliphatic heterocycles. The number of hydrogen-bond donors (Lipinski definition) is 8. The van der Waals surface area contributed by atoms with E-state index in [2.05, 4.69) is 63.7 Å². The van der Waals surface area contributed by atoms with E-state index in [1.54, 1.807) is 56.1 Å². The number of fused-ring (bicyclic) bond motifs is 1. The van der Waals surface area contributed by atoms with Crippen LogP contribution < -0.4 is 42.0 Å². The van der Waals surface area contributed by atoms with Gasteiger partial charge >= 0.3 is 18.1 Å². The van der Waals surface area contributed by atoms with Gasteiger partial charge in [-0.15, -0.1) is 21.5 Å². The van der Waals surface area contributed by atoms with Crippen LogP contribution in [0.1, 0.15) is 112 Å². The van der Waals surface area contributed by atoms with Crippen molar-refractivity contribution < 1.29 is 52.5 Å². The van der Waals surface area contributed by atoms with E-state index in [-0.39, 0.29) is 68.8 Å². The normalized spacial score (nSPS) is 12.0. The van der Waals surface area contributed by atoms with Crippen molar-refractivity contribution in [3.05, 3.63) is 106 Å². The Morgan fingerprint density at radius 2 is 1.66 bits per heavy atom. The zero-order valence-corrected chi connectivity index (χ0v) is 51.8. The molecule has 6 amide bonds. The van der Waals surface area contributed by atoms with Gasteiger partial charge in [-0.05, 0) is 139 Å². The summed E-state index contributed by atoms with van der Waals surface area (Å²) in [6.07, 6.45) is 1.36. The number of carbonyl (C=O) groups is 6. The van der Waals surface area contributed by atoms with Gasteiger partial charge in [-0.3, -0.25) is 14.4 Å². The van der Waals surface area contributed by atoms with E-state index in [9.17, 15) is 33.9 Å². The van der Waals surface area contributed by atoms with E-state index in [1.807, 2.05) is 65.0 Å². The molecular formula is C60H75FN14O10S2. The van der Waals surface area contributed by atoms with Crippen molar-refractivity contribution in [2.45, 2.75) is 123 Å². The average Bonchev–Trinajstić information content (AvgIpc) is 4.31. The first-order valence-electron chi connectivity index (χ1n) is 28.1. The summed E-state index contributed by atoms with van der Waals surface area (Å²) in [5.74, 6) is 2.99. The minimum Gasteiger partial charge on any atom is -0.491 e. The molecule has 0 radical (unpaired) electrons. The number of nitrogens with zero attached hydrogens (tertiary/aromatic N) is 7. The number of carboxylic acid groups (broad SMARTS) is 1. The molecule has 6 rings (SSSR count). The second-order valence-corrected chi connectivity index (χ2v) is 24.1. The lowest BCUT2D eigenvalue weighted by atomic mass is 9.99. The Morgan fingerprint density at radius 3 is 2.33 bits per heavy atom. The number of nitrogens with one attached hydrogen (secondary N) is 6. The Morgan fingerprint density at radius 1 is 0.908 bits per heavy atom. The van der Waals surface area contributed by atoms with Crippen molar-refractivity contribution in [2.24, 2.45) is 16.8 Å². The van der Waals surface area contributed by atoms with Crippen molar-refractivity contribution in [3.63, 3.8) is 0 Å². The summed E-state index contributed by atoms with van der Waals surface area (Å²) in [7, 11) is 3.22. The maximum absolute atomic E-state index is 15.2. The largest absolute Gasteiger partial charge is 0.491 e. The van der Waals surface area contributed by atoms with Crippen LogP contribution in [0, 0.1) is 36.0 Å².